The zero-order valence-corrected chi connectivity index (χ0v) is 11.2. The molecule has 1 aromatic rings. The van der Waals surface area contributed by atoms with Crippen LogP contribution in [0, 0.1) is 5.82 Å². The monoisotopic (exact) mass is 286 g/mol. The van der Waals surface area contributed by atoms with Crippen molar-refractivity contribution in [3.05, 3.63) is 23.0 Å². The Morgan fingerprint density at radius 2 is 2.33 bits per heavy atom. The highest BCUT2D eigenvalue weighted by Crippen LogP contribution is 2.37. The van der Waals surface area contributed by atoms with E-state index in [1.807, 2.05) is 11.8 Å². The molecule has 0 aliphatic carbocycles. The Bertz CT molecular complexity index is 511. The van der Waals surface area contributed by atoms with Gasteiger partial charge in [-0.1, -0.05) is 11.6 Å². The van der Waals surface area contributed by atoms with Gasteiger partial charge >= 0.3 is 0 Å². The predicted molar refractivity (Wildman–Crippen MR) is 73.1 cm³/mol. The van der Waals surface area contributed by atoms with Crippen LogP contribution in [0.1, 0.15) is 6.42 Å². The Morgan fingerprint density at radius 1 is 1.50 bits per heavy atom. The zero-order chi connectivity index (χ0) is 12.7. The van der Waals surface area contributed by atoms with Gasteiger partial charge in [0.05, 0.1) is 16.4 Å². The summed E-state index contributed by atoms with van der Waals surface area (Å²) in [7, 11) is 0. The van der Waals surface area contributed by atoms with E-state index in [9.17, 15) is 9.18 Å². The molecule has 1 N–H and O–H groups in total. The lowest BCUT2D eigenvalue weighted by molar-refractivity contribution is -0.116. The van der Waals surface area contributed by atoms with E-state index in [1.54, 1.807) is 6.07 Å². The summed E-state index contributed by atoms with van der Waals surface area (Å²) >= 11 is 7.69. The van der Waals surface area contributed by atoms with Crippen LogP contribution in [0.4, 0.5) is 15.8 Å². The molecule has 6 heteroatoms. The second kappa shape index (κ2) is 4.63. The molecule has 1 fully saturated rings. The van der Waals surface area contributed by atoms with Crippen molar-refractivity contribution in [1.29, 1.82) is 0 Å². The number of amides is 1. The molecular weight excluding hydrogens is 275 g/mol. The normalized spacial score (nSPS) is 22.9. The third kappa shape index (κ3) is 2.06. The van der Waals surface area contributed by atoms with Gasteiger partial charge in [0.25, 0.3) is 0 Å². The van der Waals surface area contributed by atoms with Crippen LogP contribution >= 0.6 is 23.4 Å². The molecule has 0 bridgehead atoms. The van der Waals surface area contributed by atoms with E-state index in [0.717, 1.165) is 23.7 Å². The first-order chi connectivity index (χ1) is 8.65. The first kappa shape index (κ1) is 12.1. The lowest BCUT2D eigenvalue weighted by atomic mass is 10.1. The molecule has 1 atom stereocenters. The van der Waals surface area contributed by atoms with Crippen molar-refractivity contribution in [2.75, 3.05) is 28.3 Å². The van der Waals surface area contributed by atoms with E-state index in [1.165, 1.54) is 6.07 Å². The molecule has 0 saturated carbocycles. The number of carbonyl (C=O) groups excluding carboxylic acids is 1. The summed E-state index contributed by atoms with van der Waals surface area (Å²) in [5, 5.41) is 2.86. The number of nitrogens with zero attached hydrogens (tertiary/aromatic N) is 1. The van der Waals surface area contributed by atoms with Crippen LogP contribution in [0.3, 0.4) is 0 Å². The van der Waals surface area contributed by atoms with Crippen molar-refractivity contribution in [2.24, 2.45) is 0 Å². The molecule has 0 spiro atoms. The van der Waals surface area contributed by atoms with E-state index >= 15 is 0 Å². The molecule has 96 valence electrons. The summed E-state index contributed by atoms with van der Waals surface area (Å²) in [6, 6.07) is 3.09. The Kier molecular flexibility index (Phi) is 3.11. The van der Waals surface area contributed by atoms with Gasteiger partial charge in [-0.2, -0.15) is 11.8 Å². The Labute approximate surface area is 114 Å². The highest BCUT2D eigenvalue weighted by atomic mass is 35.5. The van der Waals surface area contributed by atoms with Gasteiger partial charge in [0.15, 0.2) is 0 Å². The van der Waals surface area contributed by atoms with E-state index in [-0.39, 0.29) is 17.0 Å². The van der Waals surface area contributed by atoms with Crippen LogP contribution in [0.25, 0.3) is 0 Å². The average Bonchev–Trinajstić information content (AvgIpc) is 2.46. The number of hydrogen-bond donors (Lipinski definition) is 1. The third-order valence-corrected chi connectivity index (χ3v) is 4.65. The average molecular weight is 287 g/mol. The maximum Gasteiger partial charge on any atom is 0.226 e. The van der Waals surface area contributed by atoms with Gasteiger partial charge < -0.3 is 10.2 Å². The number of hydrogen-bond acceptors (Lipinski definition) is 3. The van der Waals surface area contributed by atoms with Crippen LogP contribution in [-0.2, 0) is 4.79 Å². The van der Waals surface area contributed by atoms with Crippen molar-refractivity contribution < 1.29 is 9.18 Å². The summed E-state index contributed by atoms with van der Waals surface area (Å²) in [5.74, 6) is 1.37. The minimum absolute atomic E-state index is 0.0621. The van der Waals surface area contributed by atoms with Gasteiger partial charge in [-0.3, -0.25) is 4.79 Å². The van der Waals surface area contributed by atoms with Crippen molar-refractivity contribution in [2.45, 2.75) is 12.5 Å². The maximum atomic E-state index is 13.5. The minimum Gasteiger partial charge on any atom is -0.365 e. The Morgan fingerprint density at radius 3 is 3.17 bits per heavy atom. The summed E-state index contributed by atoms with van der Waals surface area (Å²) in [6.45, 7) is 0.860. The number of thioether (sulfide) groups is 1. The fraction of sp³-hybridized carbons (Fsp3) is 0.417. The highest BCUT2D eigenvalue weighted by Gasteiger charge is 2.31. The number of fused-ring (bicyclic) bond motifs is 3. The summed E-state index contributed by atoms with van der Waals surface area (Å²) in [6.07, 6.45) is 0.445. The quantitative estimate of drug-likeness (QED) is 0.796. The smallest absolute Gasteiger partial charge is 0.226 e. The van der Waals surface area contributed by atoms with E-state index in [4.69, 9.17) is 11.6 Å². The number of nitrogens with one attached hydrogen (secondary N) is 1. The van der Waals surface area contributed by atoms with E-state index in [2.05, 4.69) is 10.2 Å². The van der Waals surface area contributed by atoms with Crippen LogP contribution < -0.4 is 10.2 Å². The fourth-order valence-corrected chi connectivity index (χ4v) is 3.65. The van der Waals surface area contributed by atoms with Gasteiger partial charge in [0.2, 0.25) is 5.91 Å². The van der Waals surface area contributed by atoms with Gasteiger partial charge in [-0.05, 0) is 6.07 Å². The lowest BCUT2D eigenvalue weighted by Gasteiger charge is -2.35. The number of anilines is 2. The van der Waals surface area contributed by atoms with E-state index in [0.29, 0.717) is 12.1 Å². The van der Waals surface area contributed by atoms with Crippen molar-refractivity contribution in [3.63, 3.8) is 0 Å². The second-order valence-corrected chi connectivity index (χ2v) is 6.01. The highest BCUT2D eigenvalue weighted by molar-refractivity contribution is 7.99. The molecule has 2 heterocycles. The molecule has 0 aromatic heterocycles. The minimum atomic E-state index is -0.499. The number of carbonyl (C=O) groups is 1. The number of benzene rings is 1. The molecule has 1 saturated heterocycles. The molecule has 3 rings (SSSR count). The molecule has 18 heavy (non-hydrogen) atoms. The van der Waals surface area contributed by atoms with Gasteiger partial charge in [0, 0.05) is 36.6 Å². The summed E-state index contributed by atoms with van der Waals surface area (Å²) < 4.78 is 13.5. The standard InChI is InChI=1S/C12H12ClFN2OS/c13-8-4-11-10(5-9(8)14)15-12(17)3-7-6-18-2-1-16(7)11/h4-5,7H,1-3,6H2,(H,15,17). The van der Waals surface area contributed by atoms with Crippen LogP contribution in [0.5, 0.6) is 0 Å². The van der Waals surface area contributed by atoms with Crippen LogP contribution in [0.2, 0.25) is 5.02 Å². The first-order valence-electron chi connectivity index (χ1n) is 5.78. The topological polar surface area (TPSA) is 32.3 Å². The molecule has 1 aromatic carbocycles. The van der Waals surface area contributed by atoms with Crippen molar-refractivity contribution in [1.82, 2.24) is 0 Å². The fourth-order valence-electron chi connectivity index (χ4n) is 2.43. The van der Waals surface area contributed by atoms with Crippen LogP contribution in [0.15, 0.2) is 12.1 Å². The summed E-state index contributed by atoms with van der Waals surface area (Å²) in [5.41, 5.74) is 1.36. The SMILES string of the molecule is O=C1CC2CSCCN2c2cc(Cl)c(F)cc2N1. The molecule has 2 aliphatic rings. The number of halogens is 2. The zero-order valence-electron chi connectivity index (χ0n) is 9.58. The Hall–Kier alpha value is -0.940. The van der Waals surface area contributed by atoms with Gasteiger partial charge in [-0.25, -0.2) is 4.39 Å². The van der Waals surface area contributed by atoms with Crippen LogP contribution in [-0.4, -0.2) is 30.0 Å². The molecule has 0 radical (unpaired) electrons. The number of rotatable bonds is 0. The molecular formula is C12H12ClFN2OS. The lowest BCUT2D eigenvalue weighted by Crippen LogP contribution is -2.42. The predicted octanol–water partition coefficient (Wildman–Crippen LogP) is 2.74. The molecule has 1 unspecified atom stereocenters. The molecule has 1 amide bonds. The molecule has 3 nitrogen and oxygen atoms in total. The molecule has 2 aliphatic heterocycles. The van der Waals surface area contributed by atoms with Crippen molar-refractivity contribution in [3.8, 4) is 0 Å². The summed E-state index contributed by atoms with van der Waals surface area (Å²) in [4.78, 5) is 14.0. The third-order valence-electron chi connectivity index (χ3n) is 3.27. The maximum absolute atomic E-state index is 13.5. The largest absolute Gasteiger partial charge is 0.365 e. The van der Waals surface area contributed by atoms with Gasteiger partial charge in [0.1, 0.15) is 5.82 Å². The van der Waals surface area contributed by atoms with Crippen molar-refractivity contribution >= 4 is 40.6 Å². The Balaban J connectivity index is 2.09. The first-order valence-corrected chi connectivity index (χ1v) is 7.31. The van der Waals surface area contributed by atoms with E-state index < -0.39 is 5.82 Å². The van der Waals surface area contributed by atoms with Gasteiger partial charge in [-0.15, -0.1) is 0 Å². The second-order valence-electron chi connectivity index (χ2n) is 4.46.